The summed E-state index contributed by atoms with van der Waals surface area (Å²) >= 11 is 0. The molecule has 0 spiro atoms. The average Bonchev–Trinajstić information content (AvgIpc) is 2.88. The third-order valence-electron chi connectivity index (χ3n) is 3.12. The van der Waals surface area contributed by atoms with Crippen molar-refractivity contribution in [1.29, 1.82) is 0 Å². The van der Waals surface area contributed by atoms with Crippen LogP contribution in [0.5, 0.6) is 5.75 Å². The molecule has 3 rings (SSSR count). The molecule has 3 heterocycles. The molecular weight excluding hydrogens is 244 g/mol. The fourth-order valence-corrected chi connectivity index (χ4v) is 2.19. The molecule has 7 nitrogen and oxygen atoms in total. The maximum absolute atomic E-state index is 9.42. The maximum Gasteiger partial charge on any atom is 0.245 e. The van der Waals surface area contributed by atoms with Crippen molar-refractivity contribution in [3.8, 4) is 17.1 Å². The summed E-state index contributed by atoms with van der Waals surface area (Å²) in [5.41, 5.74) is 0.724. The molecule has 1 aliphatic rings. The van der Waals surface area contributed by atoms with Crippen LogP contribution in [-0.4, -0.2) is 50.9 Å². The second-order valence-electron chi connectivity index (χ2n) is 4.72. The summed E-state index contributed by atoms with van der Waals surface area (Å²) < 4.78 is 0. The van der Waals surface area contributed by atoms with Crippen LogP contribution in [0.4, 0.5) is 5.95 Å². The van der Waals surface area contributed by atoms with Gasteiger partial charge >= 0.3 is 0 Å². The number of H-pyrrole nitrogens is 1. The van der Waals surface area contributed by atoms with Gasteiger partial charge < -0.3 is 15.3 Å². The number of aromatic nitrogens is 4. The Hall–Kier alpha value is -2.15. The summed E-state index contributed by atoms with van der Waals surface area (Å²) in [5.74, 6) is 1.42. The lowest BCUT2D eigenvalue weighted by Gasteiger charge is -2.30. The van der Waals surface area contributed by atoms with E-state index in [0.717, 1.165) is 25.2 Å². The summed E-state index contributed by atoms with van der Waals surface area (Å²) in [6, 6.07) is 2.04. The van der Waals surface area contributed by atoms with Crippen LogP contribution < -0.4 is 10.2 Å². The largest absolute Gasteiger partial charge is 0.506 e. The quantitative estimate of drug-likeness (QED) is 0.723. The van der Waals surface area contributed by atoms with Crippen molar-refractivity contribution in [2.24, 2.45) is 0 Å². The number of hydrogen-bond acceptors (Lipinski definition) is 6. The molecule has 0 radical (unpaired) electrons. The monoisotopic (exact) mass is 260 g/mol. The Morgan fingerprint density at radius 2 is 2.32 bits per heavy atom. The molecule has 0 saturated carbocycles. The van der Waals surface area contributed by atoms with Gasteiger partial charge in [-0.1, -0.05) is 0 Å². The molecule has 1 saturated heterocycles. The van der Waals surface area contributed by atoms with Crippen molar-refractivity contribution < 1.29 is 5.11 Å². The first-order valence-corrected chi connectivity index (χ1v) is 6.27. The van der Waals surface area contributed by atoms with Crippen molar-refractivity contribution in [3.63, 3.8) is 0 Å². The zero-order chi connectivity index (χ0) is 13.2. The molecule has 2 aromatic heterocycles. The summed E-state index contributed by atoms with van der Waals surface area (Å²) in [5, 5.41) is 19.9. The number of nitrogens with zero attached hydrogens (tertiary/aromatic N) is 4. The van der Waals surface area contributed by atoms with E-state index in [1.165, 1.54) is 6.20 Å². The van der Waals surface area contributed by atoms with Gasteiger partial charge in [0.15, 0.2) is 5.82 Å². The van der Waals surface area contributed by atoms with Gasteiger partial charge in [-0.3, -0.25) is 10.1 Å². The van der Waals surface area contributed by atoms with Gasteiger partial charge in [0.2, 0.25) is 5.95 Å². The second-order valence-corrected chi connectivity index (χ2v) is 4.72. The highest BCUT2D eigenvalue weighted by molar-refractivity contribution is 5.56. The van der Waals surface area contributed by atoms with E-state index >= 15 is 0 Å². The molecule has 19 heavy (non-hydrogen) atoms. The Balaban J connectivity index is 1.83. The van der Waals surface area contributed by atoms with E-state index in [-0.39, 0.29) is 5.75 Å². The minimum absolute atomic E-state index is 0.117. The van der Waals surface area contributed by atoms with Gasteiger partial charge in [-0.25, -0.2) is 0 Å². The number of rotatable bonds is 2. The highest BCUT2D eigenvalue weighted by Crippen LogP contribution is 2.20. The fourth-order valence-electron chi connectivity index (χ4n) is 2.19. The average molecular weight is 260 g/mol. The first kappa shape index (κ1) is 11.9. The van der Waals surface area contributed by atoms with Gasteiger partial charge in [0.05, 0.1) is 6.20 Å². The van der Waals surface area contributed by atoms with Crippen molar-refractivity contribution in [2.45, 2.75) is 13.0 Å². The minimum atomic E-state index is 0.117. The Kier molecular flexibility index (Phi) is 3.04. The number of nitrogens with one attached hydrogen (secondary N) is 2. The van der Waals surface area contributed by atoms with E-state index in [4.69, 9.17) is 0 Å². The molecule has 0 aliphatic carbocycles. The van der Waals surface area contributed by atoms with Gasteiger partial charge in [-0.05, 0) is 13.0 Å². The van der Waals surface area contributed by atoms with Crippen LogP contribution in [0, 0.1) is 0 Å². The van der Waals surface area contributed by atoms with Crippen molar-refractivity contribution in [3.05, 3.63) is 18.5 Å². The topological polar surface area (TPSA) is 90.0 Å². The maximum atomic E-state index is 9.42. The zero-order valence-electron chi connectivity index (χ0n) is 10.7. The van der Waals surface area contributed by atoms with Crippen LogP contribution >= 0.6 is 0 Å². The van der Waals surface area contributed by atoms with Gasteiger partial charge in [0.25, 0.3) is 0 Å². The summed E-state index contributed by atoms with van der Waals surface area (Å²) in [7, 11) is 0. The number of anilines is 1. The molecule has 3 N–H and O–H groups in total. The second kappa shape index (κ2) is 4.85. The lowest BCUT2D eigenvalue weighted by Crippen LogP contribution is -2.49. The third kappa shape index (κ3) is 2.50. The Morgan fingerprint density at radius 1 is 1.42 bits per heavy atom. The predicted octanol–water partition coefficient (Wildman–Crippen LogP) is 0.370. The van der Waals surface area contributed by atoms with E-state index in [1.807, 2.05) is 0 Å². The number of aromatic hydroxyl groups is 1. The van der Waals surface area contributed by atoms with Crippen LogP contribution in [0.2, 0.25) is 0 Å². The molecule has 1 aliphatic heterocycles. The van der Waals surface area contributed by atoms with Crippen molar-refractivity contribution in [2.75, 3.05) is 24.5 Å². The molecule has 0 bridgehead atoms. The first-order chi connectivity index (χ1) is 9.22. The molecule has 100 valence electrons. The third-order valence-corrected chi connectivity index (χ3v) is 3.12. The van der Waals surface area contributed by atoms with E-state index in [9.17, 15) is 5.11 Å². The predicted molar refractivity (Wildman–Crippen MR) is 71.0 cm³/mol. The normalized spacial score (nSPS) is 19.6. The smallest absolute Gasteiger partial charge is 0.245 e. The van der Waals surface area contributed by atoms with Crippen LogP contribution in [-0.2, 0) is 0 Å². The number of hydrogen-bond donors (Lipinski definition) is 3. The van der Waals surface area contributed by atoms with E-state index in [1.54, 1.807) is 12.3 Å². The van der Waals surface area contributed by atoms with Crippen LogP contribution in [0.3, 0.4) is 0 Å². The molecule has 0 aromatic carbocycles. The summed E-state index contributed by atoms with van der Waals surface area (Å²) in [6.07, 6.45) is 3.03. The molecule has 0 amide bonds. The van der Waals surface area contributed by atoms with Gasteiger partial charge in [-0.2, -0.15) is 4.98 Å². The van der Waals surface area contributed by atoms with Gasteiger partial charge in [-0.15, -0.1) is 5.10 Å². The number of piperazine rings is 1. The minimum Gasteiger partial charge on any atom is -0.506 e. The first-order valence-electron chi connectivity index (χ1n) is 6.27. The fraction of sp³-hybridized carbons (Fsp3) is 0.417. The van der Waals surface area contributed by atoms with Crippen molar-refractivity contribution >= 4 is 5.95 Å². The standard InChI is InChI=1S/C12H16N6O/c1-8-7-18(3-2-14-8)12-15-11(16-17-12)9-4-10(19)6-13-5-9/h4-6,8,14,19H,2-3,7H2,1H3,(H,15,16,17)/t8-/m0/s1. The SMILES string of the molecule is C[C@H]1CN(c2n[nH]c(-c3cncc(O)c3)n2)CCN1. The Labute approximate surface area is 110 Å². The van der Waals surface area contributed by atoms with E-state index < -0.39 is 0 Å². The van der Waals surface area contributed by atoms with Gasteiger partial charge in [0, 0.05) is 37.4 Å². The lowest BCUT2D eigenvalue weighted by atomic mass is 10.2. The lowest BCUT2D eigenvalue weighted by molar-refractivity contribution is 0.473. The van der Waals surface area contributed by atoms with Crippen LogP contribution in [0.15, 0.2) is 18.5 Å². The molecule has 1 fully saturated rings. The molecular formula is C12H16N6O. The van der Waals surface area contributed by atoms with Crippen molar-refractivity contribution in [1.82, 2.24) is 25.5 Å². The van der Waals surface area contributed by atoms with Crippen LogP contribution in [0.25, 0.3) is 11.4 Å². The number of pyridine rings is 1. The molecule has 2 aromatic rings. The van der Waals surface area contributed by atoms with E-state index in [2.05, 4.69) is 37.3 Å². The Bertz CT molecular complexity index is 569. The van der Waals surface area contributed by atoms with Crippen LogP contribution in [0.1, 0.15) is 6.92 Å². The summed E-state index contributed by atoms with van der Waals surface area (Å²) in [4.78, 5) is 10.5. The molecule has 1 atom stereocenters. The zero-order valence-corrected chi connectivity index (χ0v) is 10.7. The molecule has 0 unspecified atom stereocenters. The van der Waals surface area contributed by atoms with Gasteiger partial charge in [0.1, 0.15) is 5.75 Å². The highest BCUT2D eigenvalue weighted by Gasteiger charge is 2.19. The molecule has 7 heteroatoms. The highest BCUT2D eigenvalue weighted by atomic mass is 16.3. The van der Waals surface area contributed by atoms with E-state index in [0.29, 0.717) is 17.8 Å². The summed E-state index contributed by atoms with van der Waals surface area (Å²) in [6.45, 7) is 4.84. The number of aromatic amines is 1. The Morgan fingerprint density at radius 3 is 3.11 bits per heavy atom.